The number of aromatic nitrogens is 2. The van der Waals surface area contributed by atoms with E-state index in [0.29, 0.717) is 12.2 Å². The zero-order valence-electron chi connectivity index (χ0n) is 9.89. The molecule has 0 aliphatic rings. The van der Waals surface area contributed by atoms with Crippen molar-refractivity contribution in [3.05, 3.63) is 53.1 Å². The van der Waals surface area contributed by atoms with Gasteiger partial charge in [-0.3, -0.25) is 4.68 Å². The predicted octanol–water partition coefficient (Wildman–Crippen LogP) is 2.43. The minimum atomic E-state index is -0.975. The van der Waals surface area contributed by atoms with E-state index in [9.17, 15) is 9.50 Å². The van der Waals surface area contributed by atoms with Gasteiger partial charge in [-0.2, -0.15) is 5.10 Å². The van der Waals surface area contributed by atoms with Crippen LogP contribution in [0.15, 0.2) is 30.3 Å². The van der Waals surface area contributed by atoms with Crippen LogP contribution >= 0.6 is 0 Å². The van der Waals surface area contributed by atoms with E-state index in [1.165, 1.54) is 6.07 Å². The molecule has 0 radical (unpaired) electrons. The molecule has 1 unspecified atom stereocenters. The van der Waals surface area contributed by atoms with Crippen LogP contribution in [-0.2, 0) is 6.54 Å². The van der Waals surface area contributed by atoms with E-state index in [-0.39, 0.29) is 5.56 Å². The zero-order chi connectivity index (χ0) is 12.4. The predicted molar refractivity (Wildman–Crippen MR) is 63.1 cm³/mol. The third-order valence-corrected chi connectivity index (χ3v) is 2.71. The molecule has 0 aliphatic heterocycles. The summed E-state index contributed by atoms with van der Waals surface area (Å²) in [6.45, 7) is 4.43. The topological polar surface area (TPSA) is 38.0 Å². The first kappa shape index (κ1) is 11.8. The Balaban J connectivity index is 2.43. The molecule has 0 bridgehead atoms. The van der Waals surface area contributed by atoms with Crippen molar-refractivity contribution in [2.45, 2.75) is 26.5 Å². The number of nitrogens with zero attached hydrogens (tertiary/aromatic N) is 2. The van der Waals surface area contributed by atoms with Crippen molar-refractivity contribution >= 4 is 0 Å². The zero-order valence-corrected chi connectivity index (χ0v) is 9.89. The quantitative estimate of drug-likeness (QED) is 0.885. The Morgan fingerprint density at radius 3 is 2.76 bits per heavy atom. The molecule has 0 amide bonds. The van der Waals surface area contributed by atoms with Gasteiger partial charge < -0.3 is 5.11 Å². The lowest BCUT2D eigenvalue weighted by Crippen LogP contribution is -2.10. The van der Waals surface area contributed by atoms with Crippen molar-refractivity contribution < 1.29 is 9.50 Å². The molecule has 0 saturated heterocycles. The average molecular weight is 234 g/mol. The molecule has 0 fully saturated rings. The summed E-state index contributed by atoms with van der Waals surface area (Å²) in [5.41, 5.74) is 1.72. The van der Waals surface area contributed by atoms with Crippen LogP contribution in [0.2, 0.25) is 0 Å². The molecular formula is C13H15FN2O. The van der Waals surface area contributed by atoms with E-state index in [0.717, 1.165) is 5.69 Å². The fraction of sp³-hybridized carbons (Fsp3) is 0.308. The van der Waals surface area contributed by atoms with Crippen LogP contribution in [0.3, 0.4) is 0 Å². The highest BCUT2D eigenvalue weighted by Crippen LogP contribution is 2.24. The van der Waals surface area contributed by atoms with Crippen molar-refractivity contribution in [1.82, 2.24) is 9.78 Å². The summed E-state index contributed by atoms with van der Waals surface area (Å²) in [4.78, 5) is 0. The molecule has 1 aromatic carbocycles. The summed E-state index contributed by atoms with van der Waals surface area (Å²) in [6.07, 6.45) is -0.975. The summed E-state index contributed by atoms with van der Waals surface area (Å²) >= 11 is 0. The molecule has 1 atom stereocenters. The van der Waals surface area contributed by atoms with Gasteiger partial charge in [0.25, 0.3) is 0 Å². The van der Waals surface area contributed by atoms with E-state index in [4.69, 9.17) is 0 Å². The number of hydrogen-bond acceptors (Lipinski definition) is 2. The summed E-state index contributed by atoms with van der Waals surface area (Å²) in [5.74, 6) is -0.401. The molecule has 1 aromatic heterocycles. The van der Waals surface area contributed by atoms with Crippen LogP contribution in [0.25, 0.3) is 0 Å². The van der Waals surface area contributed by atoms with Gasteiger partial charge in [-0.15, -0.1) is 0 Å². The van der Waals surface area contributed by atoms with Crippen LogP contribution in [0.4, 0.5) is 4.39 Å². The minimum Gasteiger partial charge on any atom is -0.382 e. The number of aliphatic hydroxyl groups excluding tert-OH is 1. The van der Waals surface area contributed by atoms with Crippen LogP contribution in [0.1, 0.15) is 30.0 Å². The number of aryl methyl sites for hydroxylation is 2. The average Bonchev–Trinajstić information content (AvgIpc) is 2.70. The Hall–Kier alpha value is -1.68. The molecule has 1 N–H and O–H groups in total. The van der Waals surface area contributed by atoms with Gasteiger partial charge in [0.15, 0.2) is 0 Å². The highest BCUT2D eigenvalue weighted by Gasteiger charge is 2.18. The standard InChI is InChI=1S/C13H15FN2O/c1-3-16-12(8-9(2)15-16)13(17)10-6-4-5-7-11(10)14/h4-8,13,17H,3H2,1-2H3. The maximum Gasteiger partial charge on any atom is 0.129 e. The van der Waals surface area contributed by atoms with Crippen molar-refractivity contribution in [3.8, 4) is 0 Å². The molecule has 17 heavy (non-hydrogen) atoms. The van der Waals surface area contributed by atoms with Gasteiger partial charge in [0, 0.05) is 12.1 Å². The normalized spacial score (nSPS) is 12.7. The molecular weight excluding hydrogens is 219 g/mol. The minimum absolute atomic E-state index is 0.280. The van der Waals surface area contributed by atoms with Gasteiger partial charge in [0.2, 0.25) is 0 Å². The molecule has 0 saturated carbocycles. The molecule has 3 nitrogen and oxygen atoms in total. The van der Waals surface area contributed by atoms with Gasteiger partial charge in [-0.05, 0) is 26.0 Å². The molecule has 0 spiro atoms. The Morgan fingerprint density at radius 1 is 1.41 bits per heavy atom. The van der Waals surface area contributed by atoms with Gasteiger partial charge >= 0.3 is 0 Å². The lowest BCUT2D eigenvalue weighted by atomic mass is 10.1. The van der Waals surface area contributed by atoms with Crippen LogP contribution in [-0.4, -0.2) is 14.9 Å². The Morgan fingerprint density at radius 2 is 2.12 bits per heavy atom. The maximum atomic E-state index is 13.6. The monoisotopic (exact) mass is 234 g/mol. The molecule has 0 aliphatic carbocycles. The second kappa shape index (κ2) is 4.67. The van der Waals surface area contributed by atoms with Gasteiger partial charge in [0.05, 0.1) is 11.4 Å². The third kappa shape index (κ3) is 2.22. The van der Waals surface area contributed by atoms with Crippen molar-refractivity contribution in [3.63, 3.8) is 0 Å². The first-order valence-corrected chi connectivity index (χ1v) is 5.60. The summed E-state index contributed by atoms with van der Waals surface area (Å²) in [5, 5.41) is 14.4. The maximum absolute atomic E-state index is 13.6. The Bertz CT molecular complexity index is 522. The summed E-state index contributed by atoms with van der Waals surface area (Å²) in [6, 6.07) is 8.02. The molecule has 1 heterocycles. The molecule has 2 aromatic rings. The Labute approximate surface area is 99.5 Å². The van der Waals surface area contributed by atoms with E-state index in [1.807, 2.05) is 13.8 Å². The second-order valence-electron chi connectivity index (χ2n) is 3.95. The van der Waals surface area contributed by atoms with Crippen molar-refractivity contribution in [2.75, 3.05) is 0 Å². The third-order valence-electron chi connectivity index (χ3n) is 2.71. The van der Waals surface area contributed by atoms with Gasteiger partial charge in [-0.1, -0.05) is 18.2 Å². The van der Waals surface area contributed by atoms with Crippen molar-refractivity contribution in [2.24, 2.45) is 0 Å². The highest BCUT2D eigenvalue weighted by atomic mass is 19.1. The fourth-order valence-electron chi connectivity index (χ4n) is 1.90. The lowest BCUT2D eigenvalue weighted by Gasteiger charge is -2.13. The largest absolute Gasteiger partial charge is 0.382 e. The number of rotatable bonds is 3. The van der Waals surface area contributed by atoms with Crippen LogP contribution in [0, 0.1) is 12.7 Å². The van der Waals surface area contributed by atoms with Crippen molar-refractivity contribution in [1.29, 1.82) is 0 Å². The number of hydrogen-bond donors (Lipinski definition) is 1. The van der Waals surface area contributed by atoms with E-state index >= 15 is 0 Å². The first-order chi connectivity index (χ1) is 8.13. The number of halogens is 1. The number of aliphatic hydroxyl groups is 1. The SMILES string of the molecule is CCn1nc(C)cc1C(O)c1ccccc1F. The van der Waals surface area contributed by atoms with Crippen LogP contribution < -0.4 is 0 Å². The van der Waals surface area contributed by atoms with E-state index in [2.05, 4.69) is 5.10 Å². The fourth-order valence-corrected chi connectivity index (χ4v) is 1.90. The molecule has 4 heteroatoms. The van der Waals surface area contributed by atoms with E-state index < -0.39 is 11.9 Å². The smallest absolute Gasteiger partial charge is 0.129 e. The van der Waals surface area contributed by atoms with E-state index in [1.54, 1.807) is 28.9 Å². The molecule has 90 valence electrons. The summed E-state index contributed by atoms with van der Waals surface area (Å²) < 4.78 is 15.3. The number of benzene rings is 1. The summed E-state index contributed by atoms with van der Waals surface area (Å²) in [7, 11) is 0. The molecule has 2 rings (SSSR count). The van der Waals surface area contributed by atoms with Crippen LogP contribution in [0.5, 0.6) is 0 Å². The first-order valence-electron chi connectivity index (χ1n) is 5.60. The Kier molecular flexibility index (Phi) is 3.24. The van der Waals surface area contributed by atoms with Gasteiger partial charge in [-0.25, -0.2) is 4.39 Å². The highest BCUT2D eigenvalue weighted by molar-refractivity contribution is 5.28. The second-order valence-corrected chi connectivity index (χ2v) is 3.95. The lowest BCUT2D eigenvalue weighted by molar-refractivity contribution is 0.203. The van der Waals surface area contributed by atoms with Gasteiger partial charge in [0.1, 0.15) is 11.9 Å².